The lowest BCUT2D eigenvalue weighted by Gasteiger charge is -2.12. The SMILES string of the molecule is CCOc1ccc2c(c1)sc(=NC(=O)C1=COCCO1)n2C. The van der Waals surface area contributed by atoms with Crippen LogP contribution in [-0.4, -0.2) is 30.3 Å². The number of fused-ring (bicyclic) bond motifs is 1. The van der Waals surface area contributed by atoms with E-state index in [0.29, 0.717) is 24.6 Å². The topological polar surface area (TPSA) is 62.1 Å². The molecule has 0 aliphatic carbocycles. The van der Waals surface area contributed by atoms with E-state index in [9.17, 15) is 4.79 Å². The molecule has 1 aromatic heterocycles. The Kier molecular flexibility index (Phi) is 4.15. The summed E-state index contributed by atoms with van der Waals surface area (Å²) in [6, 6.07) is 5.82. The molecule has 0 radical (unpaired) electrons. The summed E-state index contributed by atoms with van der Waals surface area (Å²) in [5.74, 6) is 0.507. The summed E-state index contributed by atoms with van der Waals surface area (Å²) in [6.45, 7) is 3.37. The van der Waals surface area contributed by atoms with E-state index in [2.05, 4.69) is 4.99 Å². The van der Waals surface area contributed by atoms with Crippen molar-refractivity contribution in [1.29, 1.82) is 0 Å². The molecular formula is C15H16N2O4S. The fourth-order valence-electron chi connectivity index (χ4n) is 2.10. The molecule has 1 aromatic carbocycles. The van der Waals surface area contributed by atoms with Gasteiger partial charge in [-0.15, -0.1) is 0 Å². The molecule has 6 nitrogen and oxygen atoms in total. The van der Waals surface area contributed by atoms with E-state index in [1.807, 2.05) is 36.7 Å². The Labute approximate surface area is 131 Å². The Morgan fingerprint density at radius 2 is 2.32 bits per heavy atom. The zero-order chi connectivity index (χ0) is 15.5. The van der Waals surface area contributed by atoms with E-state index in [1.165, 1.54) is 17.6 Å². The minimum Gasteiger partial charge on any atom is -0.494 e. The average molecular weight is 320 g/mol. The van der Waals surface area contributed by atoms with E-state index < -0.39 is 5.91 Å². The molecular weight excluding hydrogens is 304 g/mol. The molecule has 3 rings (SSSR count). The molecule has 0 atom stereocenters. The lowest BCUT2D eigenvalue weighted by atomic mass is 10.3. The lowest BCUT2D eigenvalue weighted by molar-refractivity contribution is -0.119. The van der Waals surface area contributed by atoms with Crippen LogP contribution in [0.3, 0.4) is 0 Å². The monoisotopic (exact) mass is 320 g/mol. The second kappa shape index (κ2) is 6.23. The Morgan fingerprint density at radius 3 is 3.05 bits per heavy atom. The highest BCUT2D eigenvalue weighted by atomic mass is 32.1. The fraction of sp³-hybridized carbons (Fsp3) is 0.333. The standard InChI is InChI=1S/C15H16N2O4S/c1-3-20-10-4-5-11-13(8-10)22-15(17(11)2)16-14(18)12-9-19-6-7-21-12/h4-5,8-9H,3,6-7H2,1-2H3. The van der Waals surface area contributed by atoms with Crippen LogP contribution in [0.15, 0.2) is 35.2 Å². The summed E-state index contributed by atoms with van der Waals surface area (Å²) in [6.07, 6.45) is 1.32. The molecule has 0 fully saturated rings. The number of aryl methyl sites for hydroxylation is 1. The van der Waals surface area contributed by atoms with Crippen molar-refractivity contribution in [2.75, 3.05) is 19.8 Å². The van der Waals surface area contributed by atoms with Gasteiger partial charge in [-0.1, -0.05) is 11.3 Å². The van der Waals surface area contributed by atoms with Crippen molar-refractivity contribution in [2.24, 2.45) is 12.0 Å². The first-order valence-electron chi connectivity index (χ1n) is 6.95. The van der Waals surface area contributed by atoms with E-state index in [-0.39, 0.29) is 5.76 Å². The maximum absolute atomic E-state index is 12.1. The van der Waals surface area contributed by atoms with Crippen LogP contribution in [0.4, 0.5) is 0 Å². The molecule has 0 unspecified atom stereocenters. The number of thiazole rings is 1. The van der Waals surface area contributed by atoms with Gasteiger partial charge in [0.05, 0.1) is 16.8 Å². The largest absolute Gasteiger partial charge is 0.494 e. The first-order chi connectivity index (χ1) is 10.7. The first-order valence-corrected chi connectivity index (χ1v) is 7.76. The first kappa shape index (κ1) is 14.6. The third kappa shape index (κ3) is 2.85. The van der Waals surface area contributed by atoms with Crippen LogP contribution in [0.1, 0.15) is 6.92 Å². The van der Waals surface area contributed by atoms with E-state index in [4.69, 9.17) is 14.2 Å². The zero-order valence-electron chi connectivity index (χ0n) is 12.4. The van der Waals surface area contributed by atoms with Crippen LogP contribution >= 0.6 is 11.3 Å². The van der Waals surface area contributed by atoms with Crippen molar-refractivity contribution in [3.63, 3.8) is 0 Å². The summed E-state index contributed by atoms with van der Waals surface area (Å²) in [5.41, 5.74) is 0.995. The number of ether oxygens (including phenoxy) is 3. The second-order valence-electron chi connectivity index (χ2n) is 4.62. The van der Waals surface area contributed by atoms with Crippen molar-refractivity contribution in [3.8, 4) is 5.75 Å². The van der Waals surface area contributed by atoms with Gasteiger partial charge >= 0.3 is 5.91 Å². The third-order valence-corrected chi connectivity index (χ3v) is 4.24. The van der Waals surface area contributed by atoms with Crippen LogP contribution in [0.2, 0.25) is 0 Å². The molecule has 116 valence electrons. The van der Waals surface area contributed by atoms with Crippen molar-refractivity contribution >= 4 is 27.5 Å². The Morgan fingerprint density at radius 1 is 1.45 bits per heavy atom. The fourth-order valence-corrected chi connectivity index (χ4v) is 3.15. The summed E-state index contributed by atoms with van der Waals surface area (Å²) in [4.78, 5) is 16.8. The molecule has 22 heavy (non-hydrogen) atoms. The van der Waals surface area contributed by atoms with Crippen LogP contribution < -0.4 is 9.54 Å². The maximum atomic E-state index is 12.1. The van der Waals surface area contributed by atoms with Gasteiger partial charge in [0.15, 0.2) is 4.80 Å². The van der Waals surface area contributed by atoms with Gasteiger partial charge in [-0.25, -0.2) is 0 Å². The van der Waals surface area contributed by atoms with Gasteiger partial charge in [-0.05, 0) is 25.1 Å². The number of rotatable bonds is 3. The smallest absolute Gasteiger partial charge is 0.317 e. The molecule has 7 heteroatoms. The number of nitrogens with zero attached hydrogens (tertiary/aromatic N) is 2. The molecule has 0 saturated carbocycles. The number of hydrogen-bond donors (Lipinski definition) is 0. The molecule has 0 bridgehead atoms. The van der Waals surface area contributed by atoms with Gasteiger partial charge in [-0.2, -0.15) is 4.99 Å². The van der Waals surface area contributed by atoms with Gasteiger partial charge in [0, 0.05) is 7.05 Å². The number of amides is 1. The predicted octanol–water partition coefficient (Wildman–Crippen LogP) is 1.95. The van der Waals surface area contributed by atoms with Crippen molar-refractivity contribution < 1.29 is 19.0 Å². The molecule has 1 aliphatic heterocycles. The molecule has 0 saturated heterocycles. The van der Waals surface area contributed by atoms with Gasteiger partial charge in [-0.3, -0.25) is 4.79 Å². The summed E-state index contributed by atoms with van der Waals surface area (Å²) in [7, 11) is 1.87. The molecule has 1 amide bonds. The lowest BCUT2D eigenvalue weighted by Crippen LogP contribution is -2.18. The quantitative estimate of drug-likeness (QED) is 0.867. The van der Waals surface area contributed by atoms with Gasteiger partial charge < -0.3 is 18.8 Å². The third-order valence-electron chi connectivity index (χ3n) is 3.15. The minimum absolute atomic E-state index is 0.138. The number of carbonyl (C=O) groups excluding carboxylic acids is 1. The summed E-state index contributed by atoms with van der Waals surface area (Å²) < 4.78 is 18.7. The molecule has 2 heterocycles. The Bertz CT molecular complexity index is 803. The van der Waals surface area contributed by atoms with Crippen LogP contribution in [-0.2, 0) is 21.3 Å². The predicted molar refractivity (Wildman–Crippen MR) is 82.5 cm³/mol. The normalized spacial score (nSPS) is 15.2. The van der Waals surface area contributed by atoms with Gasteiger partial charge in [0.2, 0.25) is 5.76 Å². The molecule has 0 spiro atoms. The zero-order valence-corrected chi connectivity index (χ0v) is 13.2. The minimum atomic E-state index is -0.438. The number of aromatic nitrogens is 1. The van der Waals surface area contributed by atoms with Crippen LogP contribution in [0.25, 0.3) is 10.2 Å². The summed E-state index contributed by atoms with van der Waals surface area (Å²) >= 11 is 1.43. The van der Waals surface area contributed by atoms with E-state index in [1.54, 1.807) is 0 Å². The van der Waals surface area contributed by atoms with Gasteiger partial charge in [0.25, 0.3) is 0 Å². The Hall–Kier alpha value is -2.28. The van der Waals surface area contributed by atoms with Crippen molar-refractivity contribution in [1.82, 2.24) is 4.57 Å². The highest BCUT2D eigenvalue weighted by Gasteiger charge is 2.15. The highest BCUT2D eigenvalue weighted by molar-refractivity contribution is 7.16. The van der Waals surface area contributed by atoms with Gasteiger partial charge in [0.1, 0.15) is 25.2 Å². The average Bonchev–Trinajstić information content (AvgIpc) is 2.84. The molecule has 0 N–H and O–H groups in total. The number of benzene rings is 1. The van der Waals surface area contributed by atoms with Crippen LogP contribution in [0.5, 0.6) is 5.75 Å². The second-order valence-corrected chi connectivity index (χ2v) is 5.63. The van der Waals surface area contributed by atoms with Crippen molar-refractivity contribution in [3.05, 3.63) is 35.0 Å². The number of hydrogen-bond acceptors (Lipinski definition) is 5. The molecule has 2 aromatic rings. The van der Waals surface area contributed by atoms with Crippen LogP contribution in [0, 0.1) is 0 Å². The maximum Gasteiger partial charge on any atom is 0.317 e. The van der Waals surface area contributed by atoms with Crippen molar-refractivity contribution in [2.45, 2.75) is 6.92 Å². The van der Waals surface area contributed by atoms with E-state index >= 15 is 0 Å². The molecule has 1 aliphatic rings. The summed E-state index contributed by atoms with van der Waals surface area (Å²) in [5, 5.41) is 0. The highest BCUT2D eigenvalue weighted by Crippen LogP contribution is 2.22. The number of carbonyl (C=O) groups is 1. The Balaban J connectivity index is 1.99. The van der Waals surface area contributed by atoms with E-state index in [0.717, 1.165) is 16.0 Å².